The Bertz CT molecular complexity index is 360. The summed E-state index contributed by atoms with van der Waals surface area (Å²) in [4.78, 5) is 2.43. The van der Waals surface area contributed by atoms with Gasteiger partial charge >= 0.3 is 0 Å². The summed E-state index contributed by atoms with van der Waals surface area (Å²) in [7, 11) is 0. The molecule has 4 heteroatoms. The number of nitrogens with two attached hydrogens (primary N) is 1. The molecule has 1 aliphatic heterocycles. The smallest absolute Gasteiger partial charge is 0.0594 e. The number of hydrogen-bond donors (Lipinski definition) is 2. The third kappa shape index (κ3) is 4.82. The summed E-state index contributed by atoms with van der Waals surface area (Å²) in [6.07, 6.45) is 1.00. The van der Waals surface area contributed by atoms with Gasteiger partial charge in [0.05, 0.1) is 13.2 Å². The van der Waals surface area contributed by atoms with Crippen molar-refractivity contribution in [3.8, 4) is 0 Å². The van der Waals surface area contributed by atoms with E-state index in [1.807, 2.05) is 0 Å². The van der Waals surface area contributed by atoms with Crippen LogP contribution in [0.15, 0.2) is 24.3 Å². The Morgan fingerprint density at radius 1 is 1.26 bits per heavy atom. The number of morpholine rings is 1. The molecule has 2 rings (SSSR count). The third-order valence-electron chi connectivity index (χ3n) is 3.56. The van der Waals surface area contributed by atoms with E-state index >= 15 is 0 Å². The lowest BCUT2D eigenvalue weighted by molar-refractivity contribution is 0.0342. The fraction of sp³-hybridized carbons (Fsp3) is 0.600. The van der Waals surface area contributed by atoms with Gasteiger partial charge in [0.2, 0.25) is 0 Å². The maximum atomic E-state index is 5.89. The summed E-state index contributed by atoms with van der Waals surface area (Å²) in [6, 6.07) is 8.88. The monoisotopic (exact) mass is 263 g/mol. The Labute approximate surface area is 115 Å². The van der Waals surface area contributed by atoms with Crippen LogP contribution in [0, 0.1) is 0 Å². The van der Waals surface area contributed by atoms with E-state index in [2.05, 4.69) is 41.4 Å². The van der Waals surface area contributed by atoms with Crippen LogP contribution in [0.3, 0.4) is 0 Å². The quantitative estimate of drug-likeness (QED) is 0.819. The van der Waals surface area contributed by atoms with Gasteiger partial charge in [0.25, 0.3) is 0 Å². The summed E-state index contributed by atoms with van der Waals surface area (Å²) in [6.45, 7) is 7.73. The van der Waals surface area contributed by atoms with Crippen molar-refractivity contribution in [2.24, 2.45) is 5.73 Å². The van der Waals surface area contributed by atoms with Gasteiger partial charge in [0.15, 0.2) is 0 Å². The molecule has 0 amide bonds. The molecule has 1 aromatic carbocycles. The molecule has 0 saturated carbocycles. The first-order valence-electron chi connectivity index (χ1n) is 7.16. The molecule has 1 aliphatic rings. The van der Waals surface area contributed by atoms with Crippen LogP contribution in [0.5, 0.6) is 0 Å². The zero-order valence-electron chi connectivity index (χ0n) is 11.8. The molecule has 4 nitrogen and oxygen atoms in total. The molecule has 1 atom stereocenters. The van der Waals surface area contributed by atoms with E-state index in [0.29, 0.717) is 0 Å². The predicted molar refractivity (Wildman–Crippen MR) is 79.3 cm³/mol. The number of nitrogens with one attached hydrogen (secondary N) is 1. The zero-order chi connectivity index (χ0) is 13.5. The van der Waals surface area contributed by atoms with Crippen LogP contribution in [0.2, 0.25) is 0 Å². The molecule has 1 aromatic rings. The molecule has 1 heterocycles. The van der Waals surface area contributed by atoms with Crippen molar-refractivity contribution in [2.45, 2.75) is 25.9 Å². The van der Waals surface area contributed by atoms with Gasteiger partial charge < -0.3 is 15.8 Å². The van der Waals surface area contributed by atoms with Crippen molar-refractivity contribution in [2.75, 3.05) is 38.2 Å². The van der Waals surface area contributed by atoms with Gasteiger partial charge in [-0.05, 0) is 24.1 Å². The number of anilines is 1. The van der Waals surface area contributed by atoms with E-state index < -0.39 is 0 Å². The summed E-state index contributed by atoms with van der Waals surface area (Å²) < 4.78 is 5.36. The van der Waals surface area contributed by atoms with E-state index in [-0.39, 0.29) is 6.04 Å². The Hall–Kier alpha value is -1.10. The molecule has 1 unspecified atom stereocenters. The molecule has 0 radical (unpaired) electrons. The molecule has 0 aliphatic carbocycles. The SMILES string of the molecule is CCC(N)CNc1ccc(CN2CCOCC2)cc1. The largest absolute Gasteiger partial charge is 0.383 e. The van der Waals surface area contributed by atoms with Crippen molar-refractivity contribution >= 4 is 5.69 Å². The van der Waals surface area contributed by atoms with Crippen LogP contribution in [0.25, 0.3) is 0 Å². The first-order chi connectivity index (χ1) is 9.28. The van der Waals surface area contributed by atoms with Crippen molar-refractivity contribution < 1.29 is 4.74 Å². The zero-order valence-corrected chi connectivity index (χ0v) is 11.8. The number of ether oxygens (including phenoxy) is 1. The molecule has 0 spiro atoms. The topological polar surface area (TPSA) is 50.5 Å². The lowest BCUT2D eigenvalue weighted by Gasteiger charge is -2.26. The van der Waals surface area contributed by atoms with Crippen LogP contribution in [0.4, 0.5) is 5.69 Å². The highest BCUT2D eigenvalue weighted by Crippen LogP contribution is 2.12. The second-order valence-electron chi connectivity index (χ2n) is 5.13. The Morgan fingerprint density at radius 2 is 1.95 bits per heavy atom. The van der Waals surface area contributed by atoms with Crippen molar-refractivity contribution in [1.29, 1.82) is 0 Å². The van der Waals surface area contributed by atoms with Gasteiger partial charge in [-0.3, -0.25) is 4.90 Å². The standard InChI is InChI=1S/C15H25N3O/c1-2-14(16)11-17-15-5-3-13(4-6-15)12-18-7-9-19-10-8-18/h3-6,14,17H,2,7-12,16H2,1H3. The van der Waals surface area contributed by atoms with Crippen molar-refractivity contribution in [1.82, 2.24) is 4.90 Å². The summed E-state index contributed by atoms with van der Waals surface area (Å²) in [5.74, 6) is 0. The first-order valence-corrected chi connectivity index (χ1v) is 7.16. The van der Waals surface area contributed by atoms with Gasteiger partial charge in [0, 0.05) is 37.9 Å². The highest BCUT2D eigenvalue weighted by Gasteiger charge is 2.10. The van der Waals surface area contributed by atoms with Crippen LogP contribution < -0.4 is 11.1 Å². The molecule has 1 fully saturated rings. The molecular formula is C15H25N3O. The van der Waals surface area contributed by atoms with Crippen LogP contribution in [0.1, 0.15) is 18.9 Å². The van der Waals surface area contributed by atoms with Gasteiger partial charge in [0.1, 0.15) is 0 Å². The molecule has 0 bridgehead atoms. The lowest BCUT2D eigenvalue weighted by atomic mass is 10.1. The summed E-state index contributed by atoms with van der Waals surface area (Å²) in [5, 5.41) is 3.37. The molecule has 3 N–H and O–H groups in total. The number of benzene rings is 1. The molecule has 0 aromatic heterocycles. The number of hydrogen-bond acceptors (Lipinski definition) is 4. The van der Waals surface area contributed by atoms with Gasteiger partial charge in [-0.1, -0.05) is 19.1 Å². The van der Waals surface area contributed by atoms with Crippen molar-refractivity contribution in [3.63, 3.8) is 0 Å². The Balaban J connectivity index is 1.80. The average Bonchev–Trinajstić information content (AvgIpc) is 2.47. The van der Waals surface area contributed by atoms with Gasteiger partial charge in [-0.25, -0.2) is 0 Å². The average molecular weight is 263 g/mol. The maximum Gasteiger partial charge on any atom is 0.0594 e. The van der Waals surface area contributed by atoms with E-state index in [0.717, 1.165) is 51.5 Å². The fourth-order valence-corrected chi connectivity index (χ4v) is 2.14. The second-order valence-corrected chi connectivity index (χ2v) is 5.13. The Morgan fingerprint density at radius 3 is 2.58 bits per heavy atom. The number of nitrogens with zero attached hydrogens (tertiary/aromatic N) is 1. The van der Waals surface area contributed by atoms with Crippen LogP contribution in [-0.4, -0.2) is 43.8 Å². The fourth-order valence-electron chi connectivity index (χ4n) is 2.14. The highest BCUT2D eigenvalue weighted by molar-refractivity contribution is 5.44. The second kappa shape index (κ2) is 7.48. The third-order valence-corrected chi connectivity index (χ3v) is 3.56. The Kier molecular flexibility index (Phi) is 5.63. The van der Waals surface area contributed by atoms with Gasteiger partial charge in [-0.15, -0.1) is 0 Å². The minimum absolute atomic E-state index is 0.230. The minimum Gasteiger partial charge on any atom is -0.383 e. The maximum absolute atomic E-state index is 5.89. The summed E-state index contributed by atoms with van der Waals surface area (Å²) >= 11 is 0. The van der Waals surface area contributed by atoms with Crippen molar-refractivity contribution in [3.05, 3.63) is 29.8 Å². The number of rotatable bonds is 6. The van der Waals surface area contributed by atoms with E-state index in [1.54, 1.807) is 0 Å². The normalized spacial score (nSPS) is 18.2. The molecule has 19 heavy (non-hydrogen) atoms. The molecule has 106 valence electrons. The first kappa shape index (κ1) is 14.3. The predicted octanol–water partition coefficient (Wildman–Crippen LogP) is 1.67. The molecular weight excluding hydrogens is 238 g/mol. The molecule has 1 saturated heterocycles. The van der Waals surface area contributed by atoms with Gasteiger partial charge in [-0.2, -0.15) is 0 Å². The van der Waals surface area contributed by atoms with Crippen LogP contribution in [-0.2, 0) is 11.3 Å². The van der Waals surface area contributed by atoms with E-state index in [1.165, 1.54) is 5.56 Å². The van der Waals surface area contributed by atoms with E-state index in [4.69, 9.17) is 10.5 Å². The highest BCUT2D eigenvalue weighted by atomic mass is 16.5. The summed E-state index contributed by atoms with van der Waals surface area (Å²) in [5.41, 5.74) is 8.40. The van der Waals surface area contributed by atoms with E-state index in [9.17, 15) is 0 Å². The lowest BCUT2D eigenvalue weighted by Crippen LogP contribution is -2.35. The minimum atomic E-state index is 0.230. The van der Waals surface area contributed by atoms with Crippen LogP contribution >= 0.6 is 0 Å².